The summed E-state index contributed by atoms with van der Waals surface area (Å²) in [7, 11) is -3.17. The maximum absolute atomic E-state index is 11.4. The van der Waals surface area contributed by atoms with Crippen LogP contribution >= 0.6 is 0 Å². The third-order valence-electron chi connectivity index (χ3n) is 3.32. The van der Waals surface area contributed by atoms with Gasteiger partial charge in [0.1, 0.15) is 0 Å². The summed E-state index contributed by atoms with van der Waals surface area (Å²) in [5, 5.41) is 18.4. The van der Waals surface area contributed by atoms with Crippen molar-refractivity contribution in [3.05, 3.63) is 0 Å². The minimum Gasteiger partial charge on any atom is -0.481 e. The number of hydrogen-bond donors (Lipinski definition) is 2. The highest BCUT2D eigenvalue weighted by Crippen LogP contribution is 2.32. The van der Waals surface area contributed by atoms with Crippen molar-refractivity contribution in [1.29, 1.82) is 0 Å². The quantitative estimate of drug-likeness (QED) is 0.666. The molecule has 1 aliphatic heterocycles. The third kappa shape index (κ3) is 3.17. The van der Waals surface area contributed by atoms with E-state index < -0.39 is 28.0 Å². The van der Waals surface area contributed by atoms with E-state index in [1.807, 2.05) is 4.90 Å². The van der Waals surface area contributed by atoms with E-state index in [2.05, 4.69) is 0 Å². The van der Waals surface area contributed by atoms with Crippen molar-refractivity contribution in [1.82, 2.24) is 4.90 Å². The first-order chi connectivity index (χ1) is 7.89. The number of carbonyl (C=O) groups is 1. The minimum absolute atomic E-state index is 0.0141. The van der Waals surface area contributed by atoms with Gasteiger partial charge in [0.05, 0.1) is 30.1 Å². The maximum atomic E-state index is 11.4. The first-order valence-corrected chi connectivity index (χ1v) is 7.57. The molecule has 98 valence electrons. The van der Waals surface area contributed by atoms with E-state index in [9.17, 15) is 18.3 Å². The Morgan fingerprint density at radius 2 is 1.94 bits per heavy atom. The molecule has 1 saturated carbocycles. The number of rotatable bonds is 5. The first kappa shape index (κ1) is 12.8. The molecule has 0 aromatic carbocycles. The smallest absolute Gasteiger partial charge is 0.304 e. The van der Waals surface area contributed by atoms with Crippen LogP contribution in [0.15, 0.2) is 0 Å². The zero-order chi connectivity index (χ0) is 12.6. The van der Waals surface area contributed by atoms with Crippen LogP contribution in [0.5, 0.6) is 0 Å². The van der Waals surface area contributed by atoms with Crippen LogP contribution in [-0.4, -0.2) is 65.7 Å². The fourth-order valence-corrected chi connectivity index (χ4v) is 4.19. The fraction of sp³-hybridized carbons (Fsp3) is 0.900. The summed E-state index contributed by atoms with van der Waals surface area (Å²) in [5.41, 5.74) is 0. The molecule has 2 unspecified atom stereocenters. The molecule has 2 rings (SSSR count). The number of hydrogen-bond acceptors (Lipinski definition) is 5. The molecule has 1 saturated heterocycles. The van der Waals surface area contributed by atoms with Crippen LogP contribution in [0, 0.1) is 0 Å². The molecular weight excluding hydrogens is 246 g/mol. The highest BCUT2D eigenvalue weighted by molar-refractivity contribution is 7.91. The summed E-state index contributed by atoms with van der Waals surface area (Å²) in [6.45, 7) is 0.317. The zero-order valence-electron chi connectivity index (χ0n) is 9.45. The van der Waals surface area contributed by atoms with Gasteiger partial charge < -0.3 is 10.2 Å². The van der Waals surface area contributed by atoms with Crippen molar-refractivity contribution in [3.8, 4) is 0 Å². The summed E-state index contributed by atoms with van der Waals surface area (Å²) in [6, 6.07) is -0.172. The van der Waals surface area contributed by atoms with Gasteiger partial charge in [0, 0.05) is 12.6 Å². The molecule has 2 fully saturated rings. The largest absolute Gasteiger partial charge is 0.481 e. The van der Waals surface area contributed by atoms with Gasteiger partial charge in [0.2, 0.25) is 0 Å². The highest BCUT2D eigenvalue weighted by atomic mass is 32.2. The fourth-order valence-electron chi connectivity index (χ4n) is 2.38. The Morgan fingerprint density at radius 3 is 2.35 bits per heavy atom. The average Bonchev–Trinajstić information content (AvgIpc) is 2.94. The van der Waals surface area contributed by atoms with Crippen molar-refractivity contribution < 1.29 is 23.4 Å². The lowest BCUT2D eigenvalue weighted by atomic mass is 10.1. The lowest BCUT2D eigenvalue weighted by molar-refractivity contribution is -0.137. The Labute approximate surface area is 100 Å². The van der Waals surface area contributed by atoms with Crippen LogP contribution < -0.4 is 0 Å². The van der Waals surface area contributed by atoms with E-state index in [0.717, 1.165) is 12.8 Å². The molecule has 1 aliphatic carbocycles. The lowest BCUT2D eigenvalue weighted by Crippen LogP contribution is -2.45. The van der Waals surface area contributed by atoms with Crippen LogP contribution in [0.4, 0.5) is 0 Å². The summed E-state index contributed by atoms with van der Waals surface area (Å²) in [6.07, 6.45) is 1.03. The Balaban J connectivity index is 2.03. The van der Waals surface area contributed by atoms with Crippen molar-refractivity contribution >= 4 is 15.8 Å². The second-order valence-corrected chi connectivity index (χ2v) is 6.98. The number of carboxylic acid groups (broad SMARTS) is 1. The molecule has 7 heteroatoms. The second-order valence-electron chi connectivity index (χ2n) is 4.82. The van der Waals surface area contributed by atoms with Gasteiger partial charge in [-0.25, -0.2) is 8.42 Å². The van der Waals surface area contributed by atoms with E-state index in [4.69, 9.17) is 5.11 Å². The van der Waals surface area contributed by atoms with Crippen LogP contribution in [-0.2, 0) is 14.6 Å². The predicted molar refractivity (Wildman–Crippen MR) is 60.4 cm³/mol. The summed E-state index contributed by atoms with van der Waals surface area (Å²) in [5.74, 6) is -1.15. The summed E-state index contributed by atoms with van der Waals surface area (Å²) < 4.78 is 22.9. The molecule has 0 bridgehead atoms. The molecule has 0 aromatic heterocycles. The predicted octanol–water partition coefficient (Wildman–Crippen LogP) is -0.917. The van der Waals surface area contributed by atoms with Crippen molar-refractivity contribution in [2.45, 2.75) is 37.5 Å². The second kappa shape index (κ2) is 4.55. The van der Waals surface area contributed by atoms with Gasteiger partial charge in [0.25, 0.3) is 0 Å². The molecule has 0 amide bonds. The number of aliphatic carboxylic acids is 1. The highest BCUT2D eigenvalue weighted by Gasteiger charge is 2.44. The Bertz CT molecular complexity index is 403. The standard InChI is InChI=1S/C10H17NO5S/c12-9-6-17(15,16)5-8(9)11(7-1-2-7)4-3-10(13)14/h7-9,12H,1-6H2,(H,13,14). The normalized spacial score (nSPS) is 31.9. The number of aliphatic hydroxyl groups excluding tert-OH is 1. The van der Waals surface area contributed by atoms with Crippen molar-refractivity contribution in [3.63, 3.8) is 0 Å². The molecule has 6 nitrogen and oxygen atoms in total. The summed E-state index contributed by atoms with van der Waals surface area (Å²) in [4.78, 5) is 12.4. The Hall–Kier alpha value is -0.660. The van der Waals surface area contributed by atoms with Crippen molar-refractivity contribution in [2.75, 3.05) is 18.1 Å². The number of nitrogens with zero attached hydrogens (tertiary/aromatic N) is 1. The lowest BCUT2D eigenvalue weighted by Gasteiger charge is -2.29. The van der Waals surface area contributed by atoms with E-state index in [1.54, 1.807) is 0 Å². The first-order valence-electron chi connectivity index (χ1n) is 5.75. The molecule has 2 aliphatic rings. The monoisotopic (exact) mass is 263 g/mol. The number of sulfone groups is 1. The molecule has 0 spiro atoms. The van der Waals surface area contributed by atoms with Gasteiger partial charge in [-0.1, -0.05) is 0 Å². The Kier molecular flexibility index (Phi) is 3.42. The van der Waals surface area contributed by atoms with Gasteiger partial charge in [-0.15, -0.1) is 0 Å². The summed E-state index contributed by atoms with van der Waals surface area (Å²) >= 11 is 0. The SMILES string of the molecule is O=C(O)CCN(C1CC1)C1CS(=O)(=O)CC1O. The zero-order valence-corrected chi connectivity index (χ0v) is 10.3. The molecule has 2 N–H and O–H groups in total. The van der Waals surface area contributed by atoms with Crippen LogP contribution in [0.2, 0.25) is 0 Å². The Morgan fingerprint density at radius 1 is 1.29 bits per heavy atom. The number of aliphatic hydroxyl groups is 1. The van der Waals surface area contributed by atoms with Gasteiger partial charge in [0.15, 0.2) is 9.84 Å². The van der Waals surface area contributed by atoms with Gasteiger partial charge in [-0.05, 0) is 12.8 Å². The third-order valence-corrected chi connectivity index (χ3v) is 5.02. The van der Waals surface area contributed by atoms with E-state index in [0.29, 0.717) is 6.54 Å². The van der Waals surface area contributed by atoms with Crippen LogP contribution in [0.25, 0.3) is 0 Å². The van der Waals surface area contributed by atoms with Gasteiger partial charge >= 0.3 is 5.97 Å². The van der Waals surface area contributed by atoms with Crippen molar-refractivity contribution in [2.24, 2.45) is 0 Å². The maximum Gasteiger partial charge on any atom is 0.304 e. The van der Waals surface area contributed by atoms with E-state index in [-0.39, 0.29) is 24.0 Å². The molecule has 0 radical (unpaired) electrons. The topological polar surface area (TPSA) is 94.9 Å². The molecule has 1 heterocycles. The van der Waals surface area contributed by atoms with E-state index >= 15 is 0 Å². The number of carboxylic acids is 1. The van der Waals surface area contributed by atoms with Crippen LogP contribution in [0.1, 0.15) is 19.3 Å². The molecular formula is C10H17NO5S. The molecule has 2 atom stereocenters. The van der Waals surface area contributed by atoms with Gasteiger partial charge in [-0.3, -0.25) is 9.69 Å². The van der Waals surface area contributed by atoms with Gasteiger partial charge in [-0.2, -0.15) is 0 Å². The average molecular weight is 263 g/mol. The molecule has 17 heavy (non-hydrogen) atoms. The van der Waals surface area contributed by atoms with E-state index in [1.165, 1.54) is 0 Å². The van der Waals surface area contributed by atoms with Crippen LogP contribution in [0.3, 0.4) is 0 Å². The minimum atomic E-state index is -3.17. The molecule has 0 aromatic rings.